The quantitative estimate of drug-likeness (QED) is 0.744. The van der Waals surface area contributed by atoms with Gasteiger partial charge in [-0.15, -0.1) is 0 Å². The van der Waals surface area contributed by atoms with E-state index >= 15 is 0 Å². The van der Waals surface area contributed by atoms with Crippen molar-refractivity contribution in [1.82, 2.24) is 9.88 Å². The molecule has 0 radical (unpaired) electrons. The molecule has 0 bridgehead atoms. The summed E-state index contributed by atoms with van der Waals surface area (Å²) in [6.07, 6.45) is 5.23. The number of hydrogen-bond donors (Lipinski definition) is 0. The second-order valence-corrected chi connectivity index (χ2v) is 8.39. The Morgan fingerprint density at radius 2 is 1.77 bits per heavy atom. The number of rotatable bonds is 7. The number of pyridine rings is 1. The molecule has 140 valence electrons. The number of carbonyl (C=O) groups excluding carboxylic acids is 1. The highest BCUT2D eigenvalue weighted by atomic mass is 32.2. The third-order valence-electron chi connectivity index (χ3n) is 4.22. The van der Waals surface area contributed by atoms with Crippen molar-refractivity contribution in [1.29, 1.82) is 0 Å². The molecule has 0 saturated heterocycles. The Morgan fingerprint density at radius 3 is 2.38 bits per heavy atom. The lowest BCUT2D eigenvalue weighted by molar-refractivity contribution is -0.128. The van der Waals surface area contributed by atoms with Crippen molar-refractivity contribution in [2.45, 2.75) is 20.3 Å². The van der Waals surface area contributed by atoms with Crippen molar-refractivity contribution in [3.05, 3.63) is 59.4 Å². The molecule has 0 unspecified atom stereocenters. The molecule has 0 aliphatic carbocycles. The molecule has 26 heavy (non-hydrogen) atoms. The van der Waals surface area contributed by atoms with Crippen LogP contribution >= 0.6 is 0 Å². The van der Waals surface area contributed by atoms with E-state index in [0.717, 1.165) is 22.9 Å². The first-order chi connectivity index (χ1) is 12.2. The lowest BCUT2D eigenvalue weighted by atomic mass is 10.1. The summed E-state index contributed by atoms with van der Waals surface area (Å²) >= 11 is 0. The van der Waals surface area contributed by atoms with Crippen molar-refractivity contribution >= 4 is 21.6 Å². The molecule has 1 aromatic carbocycles. The van der Waals surface area contributed by atoms with Gasteiger partial charge in [0.2, 0.25) is 15.9 Å². The van der Waals surface area contributed by atoms with Gasteiger partial charge in [0.05, 0.1) is 11.9 Å². The highest BCUT2D eigenvalue weighted by Gasteiger charge is 2.24. The van der Waals surface area contributed by atoms with E-state index in [9.17, 15) is 13.2 Å². The average Bonchev–Trinajstić information content (AvgIpc) is 2.59. The SMILES string of the molecule is Cc1ccc(C)c(N(CC(=O)N(C)CCc2ccncc2)S(C)(=O)=O)c1. The minimum Gasteiger partial charge on any atom is -0.344 e. The maximum absolute atomic E-state index is 12.6. The van der Waals surface area contributed by atoms with Gasteiger partial charge in [-0.1, -0.05) is 12.1 Å². The van der Waals surface area contributed by atoms with Crippen LogP contribution in [0.3, 0.4) is 0 Å². The molecule has 0 fully saturated rings. The van der Waals surface area contributed by atoms with Gasteiger partial charge in [0, 0.05) is 26.0 Å². The third-order valence-corrected chi connectivity index (χ3v) is 5.35. The zero-order chi connectivity index (χ0) is 19.3. The summed E-state index contributed by atoms with van der Waals surface area (Å²) in [5, 5.41) is 0. The summed E-state index contributed by atoms with van der Waals surface area (Å²) in [6.45, 7) is 4.03. The summed E-state index contributed by atoms with van der Waals surface area (Å²) in [6, 6.07) is 9.37. The van der Waals surface area contributed by atoms with E-state index in [1.807, 2.05) is 38.1 Å². The standard InChI is InChI=1S/C19H25N3O3S/c1-15-5-6-16(2)18(13-15)22(26(4,24)25)14-19(23)21(3)12-9-17-7-10-20-11-8-17/h5-8,10-11,13H,9,12,14H2,1-4H3. The second-order valence-electron chi connectivity index (χ2n) is 6.48. The molecule has 0 aliphatic rings. The van der Waals surface area contributed by atoms with Gasteiger partial charge in [-0.05, 0) is 55.2 Å². The van der Waals surface area contributed by atoms with E-state index in [1.165, 1.54) is 4.31 Å². The fourth-order valence-corrected chi connectivity index (χ4v) is 3.48. The van der Waals surface area contributed by atoms with Crippen LogP contribution in [-0.2, 0) is 21.2 Å². The Morgan fingerprint density at radius 1 is 1.12 bits per heavy atom. The van der Waals surface area contributed by atoms with Crippen molar-refractivity contribution < 1.29 is 13.2 Å². The largest absolute Gasteiger partial charge is 0.344 e. The number of sulfonamides is 1. The molecule has 0 saturated carbocycles. The van der Waals surface area contributed by atoms with E-state index in [1.54, 1.807) is 30.4 Å². The lowest BCUT2D eigenvalue weighted by Gasteiger charge is -2.26. The van der Waals surface area contributed by atoms with Crippen LogP contribution in [0.4, 0.5) is 5.69 Å². The molecular formula is C19H25N3O3S. The highest BCUT2D eigenvalue weighted by Crippen LogP contribution is 2.24. The van der Waals surface area contributed by atoms with Crippen LogP contribution in [0.2, 0.25) is 0 Å². The first-order valence-corrected chi connectivity index (χ1v) is 10.2. The molecule has 0 spiro atoms. The molecule has 2 rings (SSSR count). The predicted octanol–water partition coefficient (Wildman–Crippen LogP) is 2.17. The highest BCUT2D eigenvalue weighted by molar-refractivity contribution is 7.92. The number of nitrogens with zero attached hydrogens (tertiary/aromatic N) is 3. The van der Waals surface area contributed by atoms with Gasteiger partial charge in [0.15, 0.2) is 0 Å². The molecular weight excluding hydrogens is 350 g/mol. The normalized spacial score (nSPS) is 11.2. The minimum absolute atomic E-state index is 0.212. The Labute approximate surface area is 155 Å². The summed E-state index contributed by atoms with van der Waals surface area (Å²) in [4.78, 5) is 18.1. The van der Waals surface area contributed by atoms with Gasteiger partial charge in [-0.3, -0.25) is 14.1 Å². The molecule has 2 aromatic rings. The van der Waals surface area contributed by atoms with Crippen LogP contribution in [0.15, 0.2) is 42.7 Å². The molecule has 0 N–H and O–H groups in total. The maximum atomic E-state index is 12.6. The number of likely N-dealkylation sites (N-methyl/N-ethyl adjacent to an activating group) is 1. The number of aryl methyl sites for hydroxylation is 2. The Kier molecular flexibility index (Phi) is 6.37. The Balaban J connectivity index is 2.13. The monoisotopic (exact) mass is 375 g/mol. The number of aromatic nitrogens is 1. The van der Waals surface area contributed by atoms with Crippen molar-refractivity contribution in [3.63, 3.8) is 0 Å². The Hall–Kier alpha value is -2.41. The van der Waals surface area contributed by atoms with Crippen molar-refractivity contribution in [2.75, 3.05) is 30.7 Å². The van der Waals surface area contributed by atoms with Gasteiger partial charge >= 0.3 is 0 Å². The Bertz CT molecular complexity index is 867. The van der Waals surface area contributed by atoms with E-state index in [-0.39, 0.29) is 12.5 Å². The second kappa shape index (κ2) is 8.31. The molecule has 1 heterocycles. The zero-order valence-electron chi connectivity index (χ0n) is 15.6. The molecule has 6 nitrogen and oxygen atoms in total. The number of benzene rings is 1. The molecule has 0 aliphatic heterocycles. The third kappa shape index (κ3) is 5.29. The van der Waals surface area contributed by atoms with E-state index in [2.05, 4.69) is 4.98 Å². The van der Waals surface area contributed by atoms with Gasteiger partial charge in [0.25, 0.3) is 0 Å². The topological polar surface area (TPSA) is 70.6 Å². The van der Waals surface area contributed by atoms with Crippen LogP contribution in [0.1, 0.15) is 16.7 Å². The van der Waals surface area contributed by atoms with Crippen molar-refractivity contribution in [3.8, 4) is 0 Å². The number of hydrogen-bond acceptors (Lipinski definition) is 4. The van der Waals surface area contributed by atoms with Gasteiger partial charge < -0.3 is 4.90 Å². The fourth-order valence-electron chi connectivity index (χ4n) is 2.58. The van der Waals surface area contributed by atoms with Crippen LogP contribution in [0, 0.1) is 13.8 Å². The molecule has 1 aromatic heterocycles. The van der Waals surface area contributed by atoms with Gasteiger partial charge in [-0.25, -0.2) is 8.42 Å². The summed E-state index contributed by atoms with van der Waals surface area (Å²) in [7, 11) is -1.89. The van der Waals surface area contributed by atoms with Gasteiger partial charge in [-0.2, -0.15) is 0 Å². The smallest absolute Gasteiger partial charge is 0.243 e. The molecule has 0 atom stereocenters. The summed E-state index contributed by atoms with van der Waals surface area (Å²) in [5.74, 6) is -0.245. The fraction of sp³-hybridized carbons (Fsp3) is 0.368. The van der Waals surface area contributed by atoms with Crippen LogP contribution in [0.5, 0.6) is 0 Å². The first-order valence-electron chi connectivity index (χ1n) is 8.36. The van der Waals surface area contributed by atoms with Crippen molar-refractivity contribution in [2.24, 2.45) is 0 Å². The molecule has 7 heteroatoms. The lowest BCUT2D eigenvalue weighted by Crippen LogP contribution is -2.42. The number of anilines is 1. The summed E-state index contributed by atoms with van der Waals surface area (Å²) in [5.41, 5.74) is 3.38. The van der Waals surface area contributed by atoms with E-state index in [4.69, 9.17) is 0 Å². The van der Waals surface area contributed by atoms with Crippen LogP contribution in [-0.4, -0.2) is 50.6 Å². The zero-order valence-corrected chi connectivity index (χ0v) is 16.5. The summed E-state index contributed by atoms with van der Waals surface area (Å²) < 4.78 is 25.7. The number of carbonyl (C=O) groups is 1. The van der Waals surface area contributed by atoms with E-state index in [0.29, 0.717) is 18.7 Å². The minimum atomic E-state index is -3.58. The predicted molar refractivity (Wildman–Crippen MR) is 104 cm³/mol. The van der Waals surface area contributed by atoms with E-state index < -0.39 is 10.0 Å². The molecule has 1 amide bonds. The van der Waals surface area contributed by atoms with Crippen LogP contribution < -0.4 is 4.31 Å². The maximum Gasteiger partial charge on any atom is 0.243 e. The van der Waals surface area contributed by atoms with Gasteiger partial charge in [0.1, 0.15) is 6.54 Å². The van der Waals surface area contributed by atoms with Crippen LogP contribution in [0.25, 0.3) is 0 Å². The average molecular weight is 375 g/mol. The number of amides is 1. The first kappa shape index (κ1) is 19.9.